The zero-order chi connectivity index (χ0) is 11.9. The Kier molecular flexibility index (Phi) is 3.12. The van der Waals surface area contributed by atoms with Crippen LogP contribution in [0.2, 0.25) is 0 Å². The van der Waals surface area contributed by atoms with Crippen LogP contribution in [0.5, 0.6) is 0 Å². The molecule has 18 heavy (non-hydrogen) atoms. The molecule has 0 aromatic rings. The van der Waals surface area contributed by atoms with Crippen LogP contribution in [0.15, 0.2) is 0 Å². The van der Waals surface area contributed by atoms with Crippen LogP contribution in [0.4, 0.5) is 0 Å². The fourth-order valence-electron chi connectivity index (χ4n) is 5.78. The molecule has 0 unspecified atom stereocenters. The minimum absolute atomic E-state index is 1.10. The third kappa shape index (κ3) is 2.12. The van der Waals surface area contributed by atoms with Gasteiger partial charge in [0.05, 0.1) is 0 Å². The monoisotopic (exact) mass is 248 g/mol. The van der Waals surface area contributed by atoms with E-state index in [9.17, 15) is 0 Å². The van der Waals surface area contributed by atoms with Crippen molar-refractivity contribution < 1.29 is 0 Å². The smallest absolute Gasteiger partial charge is 0.0107 e. The van der Waals surface area contributed by atoms with Crippen LogP contribution in [0.3, 0.4) is 0 Å². The summed E-state index contributed by atoms with van der Waals surface area (Å²) < 4.78 is 0. The molecule has 2 heteroatoms. The average molecular weight is 248 g/mol. The summed E-state index contributed by atoms with van der Waals surface area (Å²) in [5, 5.41) is 3.46. The minimum Gasteiger partial charge on any atom is -0.314 e. The second kappa shape index (κ2) is 4.79. The van der Waals surface area contributed by atoms with Gasteiger partial charge in [0.1, 0.15) is 0 Å². The Labute approximate surface area is 111 Å². The summed E-state index contributed by atoms with van der Waals surface area (Å²) in [5.74, 6) is 5.65. The number of rotatable bonds is 3. The first kappa shape index (κ1) is 11.7. The standard InChI is InChI=1S/C16H28N2/c1(4-18-5-2-17-3-6-18)16-14-8-12-7-13(10-14)11-15(16)9-12/h12-17H,1-11H2. The first-order valence-electron chi connectivity index (χ1n) is 8.31. The number of nitrogens with zero attached hydrogens (tertiary/aromatic N) is 1. The molecule has 5 rings (SSSR count). The Bertz CT molecular complexity index is 267. The number of hydrogen-bond donors (Lipinski definition) is 1. The molecule has 0 aromatic heterocycles. The first-order chi connectivity index (χ1) is 8.88. The lowest BCUT2D eigenvalue weighted by Gasteiger charge is -2.55. The molecule has 4 saturated carbocycles. The summed E-state index contributed by atoms with van der Waals surface area (Å²) in [4.78, 5) is 2.70. The van der Waals surface area contributed by atoms with Crippen molar-refractivity contribution in [1.82, 2.24) is 10.2 Å². The molecule has 0 spiro atoms. The van der Waals surface area contributed by atoms with Gasteiger partial charge in [0.2, 0.25) is 0 Å². The first-order valence-corrected chi connectivity index (χ1v) is 8.31. The van der Waals surface area contributed by atoms with E-state index in [2.05, 4.69) is 10.2 Å². The molecular weight excluding hydrogens is 220 g/mol. The molecule has 1 saturated heterocycles. The van der Waals surface area contributed by atoms with Gasteiger partial charge >= 0.3 is 0 Å². The zero-order valence-electron chi connectivity index (χ0n) is 11.6. The van der Waals surface area contributed by atoms with Gasteiger partial charge in [-0.05, 0) is 74.7 Å². The summed E-state index contributed by atoms with van der Waals surface area (Å²) in [7, 11) is 0. The Hall–Kier alpha value is -0.0800. The quantitative estimate of drug-likeness (QED) is 0.825. The topological polar surface area (TPSA) is 15.3 Å². The van der Waals surface area contributed by atoms with E-state index >= 15 is 0 Å². The van der Waals surface area contributed by atoms with Crippen LogP contribution in [0, 0.1) is 29.6 Å². The fourth-order valence-corrected chi connectivity index (χ4v) is 5.78. The molecule has 0 aromatic carbocycles. The van der Waals surface area contributed by atoms with E-state index in [1.54, 1.807) is 32.1 Å². The van der Waals surface area contributed by atoms with Crippen molar-refractivity contribution in [2.24, 2.45) is 29.6 Å². The second-order valence-corrected chi connectivity index (χ2v) is 7.47. The average Bonchev–Trinajstić information content (AvgIpc) is 2.38. The molecule has 1 aliphatic heterocycles. The molecule has 5 fully saturated rings. The van der Waals surface area contributed by atoms with Gasteiger partial charge in [-0.25, -0.2) is 0 Å². The van der Waals surface area contributed by atoms with Gasteiger partial charge in [0, 0.05) is 26.2 Å². The Morgan fingerprint density at radius 1 is 0.833 bits per heavy atom. The lowest BCUT2D eigenvalue weighted by Crippen LogP contribution is -2.48. The molecule has 1 heterocycles. The summed E-state index contributed by atoms with van der Waals surface area (Å²) in [6.07, 6.45) is 9.49. The molecular formula is C16H28N2. The molecule has 4 aliphatic carbocycles. The van der Waals surface area contributed by atoms with Crippen LogP contribution in [-0.2, 0) is 0 Å². The van der Waals surface area contributed by atoms with E-state index in [1.807, 2.05) is 0 Å². The molecule has 4 bridgehead atoms. The van der Waals surface area contributed by atoms with Crippen molar-refractivity contribution in [2.75, 3.05) is 32.7 Å². The molecule has 5 aliphatic rings. The van der Waals surface area contributed by atoms with Gasteiger partial charge in [0.25, 0.3) is 0 Å². The predicted octanol–water partition coefficient (Wildman–Crippen LogP) is 2.35. The molecule has 2 nitrogen and oxygen atoms in total. The maximum atomic E-state index is 3.46. The van der Waals surface area contributed by atoms with Crippen LogP contribution in [0.25, 0.3) is 0 Å². The highest BCUT2D eigenvalue weighted by Crippen LogP contribution is 2.57. The molecule has 0 amide bonds. The maximum absolute atomic E-state index is 3.46. The van der Waals surface area contributed by atoms with E-state index in [1.165, 1.54) is 39.1 Å². The summed E-state index contributed by atoms with van der Waals surface area (Å²) in [6.45, 7) is 6.37. The number of nitrogens with one attached hydrogen (secondary N) is 1. The van der Waals surface area contributed by atoms with Gasteiger partial charge < -0.3 is 10.2 Å². The highest BCUT2D eigenvalue weighted by molar-refractivity contribution is 4.98. The zero-order valence-corrected chi connectivity index (χ0v) is 11.6. The van der Waals surface area contributed by atoms with E-state index in [0.29, 0.717) is 0 Å². The Balaban J connectivity index is 1.34. The van der Waals surface area contributed by atoms with Crippen molar-refractivity contribution in [3.63, 3.8) is 0 Å². The van der Waals surface area contributed by atoms with Crippen molar-refractivity contribution in [1.29, 1.82) is 0 Å². The van der Waals surface area contributed by atoms with Crippen molar-refractivity contribution in [3.8, 4) is 0 Å². The predicted molar refractivity (Wildman–Crippen MR) is 74.5 cm³/mol. The number of hydrogen-bond acceptors (Lipinski definition) is 2. The Morgan fingerprint density at radius 3 is 2.06 bits per heavy atom. The van der Waals surface area contributed by atoms with Gasteiger partial charge in [0.15, 0.2) is 0 Å². The lowest BCUT2D eigenvalue weighted by atomic mass is 9.51. The summed E-state index contributed by atoms with van der Waals surface area (Å²) in [5.41, 5.74) is 0. The summed E-state index contributed by atoms with van der Waals surface area (Å²) in [6, 6.07) is 0. The highest BCUT2D eigenvalue weighted by atomic mass is 15.2. The van der Waals surface area contributed by atoms with E-state index < -0.39 is 0 Å². The van der Waals surface area contributed by atoms with E-state index in [0.717, 1.165) is 29.6 Å². The number of piperazine rings is 1. The van der Waals surface area contributed by atoms with E-state index in [4.69, 9.17) is 0 Å². The van der Waals surface area contributed by atoms with Crippen LogP contribution in [0.1, 0.15) is 38.5 Å². The lowest BCUT2D eigenvalue weighted by molar-refractivity contribution is -0.0428. The molecule has 102 valence electrons. The van der Waals surface area contributed by atoms with Gasteiger partial charge in [-0.2, -0.15) is 0 Å². The van der Waals surface area contributed by atoms with Crippen molar-refractivity contribution >= 4 is 0 Å². The Morgan fingerprint density at radius 2 is 1.44 bits per heavy atom. The van der Waals surface area contributed by atoms with Crippen LogP contribution >= 0.6 is 0 Å². The van der Waals surface area contributed by atoms with Crippen molar-refractivity contribution in [3.05, 3.63) is 0 Å². The largest absolute Gasteiger partial charge is 0.314 e. The SMILES string of the molecule is C1CN(CCC2C3CC4CC(C3)CC2C4)CCN1. The maximum Gasteiger partial charge on any atom is 0.0107 e. The summed E-state index contributed by atoms with van der Waals surface area (Å²) >= 11 is 0. The van der Waals surface area contributed by atoms with E-state index in [-0.39, 0.29) is 0 Å². The normalized spacial score (nSPS) is 47.7. The second-order valence-electron chi connectivity index (χ2n) is 7.47. The van der Waals surface area contributed by atoms with Crippen LogP contribution in [-0.4, -0.2) is 37.6 Å². The molecule has 1 N–H and O–H groups in total. The van der Waals surface area contributed by atoms with Gasteiger partial charge in [-0.15, -0.1) is 0 Å². The fraction of sp³-hybridized carbons (Fsp3) is 1.00. The van der Waals surface area contributed by atoms with Gasteiger partial charge in [-0.1, -0.05) is 0 Å². The van der Waals surface area contributed by atoms with Gasteiger partial charge in [-0.3, -0.25) is 0 Å². The third-order valence-electron chi connectivity index (χ3n) is 6.41. The molecule has 0 atom stereocenters. The third-order valence-corrected chi connectivity index (χ3v) is 6.41. The minimum atomic E-state index is 1.10. The molecule has 0 radical (unpaired) electrons. The highest BCUT2D eigenvalue weighted by Gasteiger charge is 2.47. The van der Waals surface area contributed by atoms with Crippen LogP contribution < -0.4 is 5.32 Å². The van der Waals surface area contributed by atoms with Crippen molar-refractivity contribution in [2.45, 2.75) is 38.5 Å².